The molecule has 30 heavy (non-hydrogen) atoms. The number of pyridine rings is 1. The van der Waals surface area contributed by atoms with Gasteiger partial charge in [0.1, 0.15) is 11.6 Å². The molecule has 2 heterocycles. The lowest BCUT2D eigenvalue weighted by atomic mass is 9.99. The van der Waals surface area contributed by atoms with E-state index in [-0.39, 0.29) is 0 Å². The number of ether oxygens (including phenoxy) is 4. The highest BCUT2D eigenvalue weighted by Gasteiger charge is 2.19. The first-order valence-corrected chi connectivity index (χ1v) is 9.19. The summed E-state index contributed by atoms with van der Waals surface area (Å²) in [6, 6.07) is 13.4. The SMILES string of the molecule is COc1ccc(-c2cc(-c3cc(OC)c(OC)c(OC)c3)c3c(N)[nH]nc3n2)cc1. The fraction of sp³-hybridized carbons (Fsp3) is 0.182. The second kappa shape index (κ2) is 7.82. The van der Waals surface area contributed by atoms with Crippen molar-refractivity contribution in [3.63, 3.8) is 0 Å². The summed E-state index contributed by atoms with van der Waals surface area (Å²) in [5, 5.41) is 7.82. The first kappa shape index (κ1) is 19.4. The van der Waals surface area contributed by atoms with E-state index in [9.17, 15) is 0 Å². The maximum Gasteiger partial charge on any atom is 0.203 e. The van der Waals surface area contributed by atoms with Gasteiger partial charge in [-0.25, -0.2) is 4.98 Å². The maximum atomic E-state index is 6.18. The monoisotopic (exact) mass is 406 g/mol. The Kier molecular flexibility index (Phi) is 5.05. The number of hydrogen-bond acceptors (Lipinski definition) is 7. The van der Waals surface area contributed by atoms with Gasteiger partial charge in [-0.15, -0.1) is 0 Å². The molecule has 0 aliphatic rings. The smallest absolute Gasteiger partial charge is 0.203 e. The van der Waals surface area contributed by atoms with Gasteiger partial charge in [-0.05, 0) is 53.6 Å². The fourth-order valence-corrected chi connectivity index (χ4v) is 3.42. The van der Waals surface area contributed by atoms with Crippen molar-refractivity contribution in [1.82, 2.24) is 15.2 Å². The van der Waals surface area contributed by atoms with Crippen LogP contribution in [0.5, 0.6) is 23.0 Å². The first-order valence-electron chi connectivity index (χ1n) is 9.19. The summed E-state index contributed by atoms with van der Waals surface area (Å²) < 4.78 is 21.7. The summed E-state index contributed by atoms with van der Waals surface area (Å²) >= 11 is 0. The van der Waals surface area contributed by atoms with Gasteiger partial charge < -0.3 is 24.7 Å². The number of methoxy groups -OCH3 is 4. The van der Waals surface area contributed by atoms with Crippen LogP contribution in [0, 0.1) is 0 Å². The highest BCUT2D eigenvalue weighted by molar-refractivity contribution is 6.02. The number of nitrogen functional groups attached to an aromatic ring is 1. The van der Waals surface area contributed by atoms with Gasteiger partial charge in [-0.2, -0.15) is 5.10 Å². The van der Waals surface area contributed by atoms with E-state index in [0.717, 1.165) is 33.5 Å². The molecule has 3 N–H and O–H groups in total. The van der Waals surface area contributed by atoms with Crippen LogP contribution in [0.25, 0.3) is 33.4 Å². The highest BCUT2D eigenvalue weighted by Crippen LogP contribution is 2.43. The second-order valence-electron chi connectivity index (χ2n) is 6.53. The number of nitrogens with two attached hydrogens (primary N) is 1. The number of nitrogens with one attached hydrogen (secondary N) is 1. The Morgan fingerprint density at radius 1 is 0.800 bits per heavy atom. The molecule has 8 heteroatoms. The molecule has 154 valence electrons. The molecule has 0 radical (unpaired) electrons. The standard InChI is InChI=1S/C22H22N4O4/c1-27-14-7-5-12(6-8-14)16-11-15(19-21(23)25-26-22(19)24-16)13-9-17(28-2)20(30-4)18(10-13)29-3/h5-11H,1-4H3,(H3,23,24,25,26). The molecule has 4 aromatic rings. The van der Waals surface area contributed by atoms with Gasteiger partial charge in [-0.1, -0.05) is 0 Å². The summed E-state index contributed by atoms with van der Waals surface area (Å²) in [7, 11) is 6.37. The van der Waals surface area contributed by atoms with Gasteiger partial charge in [0.2, 0.25) is 5.75 Å². The summed E-state index contributed by atoms with van der Waals surface area (Å²) in [5.74, 6) is 2.82. The average molecular weight is 406 g/mol. The molecule has 0 saturated carbocycles. The number of benzene rings is 2. The average Bonchev–Trinajstić information content (AvgIpc) is 3.18. The van der Waals surface area contributed by atoms with Crippen molar-refractivity contribution >= 4 is 16.9 Å². The summed E-state index contributed by atoms with van der Waals surface area (Å²) in [5.41, 5.74) is 10.0. The molecule has 8 nitrogen and oxygen atoms in total. The Balaban J connectivity index is 1.97. The maximum absolute atomic E-state index is 6.18. The van der Waals surface area contributed by atoms with E-state index in [1.54, 1.807) is 28.4 Å². The molecule has 0 aliphatic heterocycles. The van der Waals surface area contributed by atoms with Crippen molar-refractivity contribution in [2.75, 3.05) is 34.2 Å². The van der Waals surface area contributed by atoms with Gasteiger partial charge in [-0.3, -0.25) is 5.10 Å². The number of fused-ring (bicyclic) bond motifs is 1. The lowest BCUT2D eigenvalue weighted by Gasteiger charge is -2.15. The largest absolute Gasteiger partial charge is 0.497 e. The Bertz CT molecular complexity index is 1180. The number of aromatic nitrogens is 3. The zero-order chi connectivity index (χ0) is 21.3. The zero-order valence-corrected chi connectivity index (χ0v) is 17.1. The van der Waals surface area contributed by atoms with Gasteiger partial charge in [0, 0.05) is 5.56 Å². The van der Waals surface area contributed by atoms with Gasteiger partial charge in [0.15, 0.2) is 17.1 Å². The van der Waals surface area contributed by atoms with E-state index in [1.807, 2.05) is 42.5 Å². The van der Waals surface area contributed by atoms with E-state index in [1.165, 1.54) is 0 Å². The van der Waals surface area contributed by atoms with Gasteiger partial charge in [0.05, 0.1) is 39.5 Å². The Labute approximate surface area is 173 Å². The quantitative estimate of drug-likeness (QED) is 0.500. The minimum atomic E-state index is 0.433. The van der Waals surface area contributed by atoms with E-state index >= 15 is 0 Å². The molecule has 0 atom stereocenters. The number of aromatic amines is 1. The molecule has 0 amide bonds. The van der Waals surface area contributed by atoms with Crippen molar-refractivity contribution in [3.05, 3.63) is 42.5 Å². The van der Waals surface area contributed by atoms with Crippen LogP contribution in [0.15, 0.2) is 42.5 Å². The molecular formula is C22H22N4O4. The van der Waals surface area contributed by atoms with Crippen molar-refractivity contribution < 1.29 is 18.9 Å². The predicted molar refractivity (Wildman–Crippen MR) is 115 cm³/mol. The Morgan fingerprint density at radius 2 is 1.47 bits per heavy atom. The lowest BCUT2D eigenvalue weighted by Crippen LogP contribution is -1.97. The normalized spacial score (nSPS) is 10.8. The van der Waals surface area contributed by atoms with E-state index in [0.29, 0.717) is 28.7 Å². The molecular weight excluding hydrogens is 384 g/mol. The number of nitrogens with zero attached hydrogens (tertiary/aromatic N) is 2. The molecule has 0 aliphatic carbocycles. The number of rotatable bonds is 6. The Hall–Kier alpha value is -3.94. The van der Waals surface area contributed by atoms with Crippen molar-refractivity contribution in [2.45, 2.75) is 0 Å². The molecule has 0 saturated heterocycles. The van der Waals surface area contributed by atoms with E-state index in [2.05, 4.69) is 15.2 Å². The van der Waals surface area contributed by atoms with Crippen molar-refractivity contribution in [3.8, 4) is 45.4 Å². The third kappa shape index (κ3) is 3.22. The van der Waals surface area contributed by atoms with Crippen molar-refractivity contribution in [1.29, 1.82) is 0 Å². The molecule has 0 unspecified atom stereocenters. The van der Waals surface area contributed by atoms with Crippen LogP contribution in [-0.4, -0.2) is 43.6 Å². The summed E-state index contributed by atoms with van der Waals surface area (Å²) in [6.45, 7) is 0. The van der Waals surface area contributed by atoms with Crippen LogP contribution in [0.2, 0.25) is 0 Å². The summed E-state index contributed by atoms with van der Waals surface area (Å²) in [4.78, 5) is 4.68. The summed E-state index contributed by atoms with van der Waals surface area (Å²) in [6.07, 6.45) is 0. The molecule has 0 bridgehead atoms. The topological polar surface area (TPSA) is 105 Å². The third-order valence-corrected chi connectivity index (χ3v) is 4.91. The molecule has 2 aromatic carbocycles. The second-order valence-corrected chi connectivity index (χ2v) is 6.53. The molecule has 0 spiro atoms. The van der Waals surface area contributed by atoms with E-state index < -0.39 is 0 Å². The number of anilines is 1. The van der Waals surface area contributed by atoms with Crippen LogP contribution in [0.3, 0.4) is 0 Å². The Morgan fingerprint density at radius 3 is 2.03 bits per heavy atom. The highest BCUT2D eigenvalue weighted by atomic mass is 16.5. The third-order valence-electron chi connectivity index (χ3n) is 4.91. The van der Waals surface area contributed by atoms with Gasteiger partial charge in [0.25, 0.3) is 0 Å². The lowest BCUT2D eigenvalue weighted by molar-refractivity contribution is 0.324. The van der Waals surface area contributed by atoms with Crippen LogP contribution in [-0.2, 0) is 0 Å². The number of H-pyrrole nitrogens is 1. The molecule has 0 fully saturated rings. The molecule has 2 aromatic heterocycles. The fourth-order valence-electron chi connectivity index (χ4n) is 3.42. The van der Waals surface area contributed by atoms with Crippen LogP contribution < -0.4 is 24.7 Å². The number of hydrogen-bond donors (Lipinski definition) is 2. The van der Waals surface area contributed by atoms with Crippen LogP contribution >= 0.6 is 0 Å². The van der Waals surface area contributed by atoms with Crippen LogP contribution in [0.4, 0.5) is 5.82 Å². The van der Waals surface area contributed by atoms with E-state index in [4.69, 9.17) is 24.7 Å². The zero-order valence-electron chi connectivity index (χ0n) is 17.1. The van der Waals surface area contributed by atoms with Gasteiger partial charge >= 0.3 is 0 Å². The predicted octanol–water partition coefficient (Wildman–Crippen LogP) is 3.91. The minimum Gasteiger partial charge on any atom is -0.497 e. The minimum absolute atomic E-state index is 0.433. The van der Waals surface area contributed by atoms with Crippen molar-refractivity contribution in [2.24, 2.45) is 0 Å². The molecule has 4 rings (SSSR count). The van der Waals surface area contributed by atoms with Crippen LogP contribution in [0.1, 0.15) is 0 Å². The first-order chi connectivity index (χ1) is 14.6.